The molecule has 0 aromatic carbocycles. The predicted molar refractivity (Wildman–Crippen MR) is 120 cm³/mol. The van der Waals surface area contributed by atoms with Crippen molar-refractivity contribution in [1.29, 1.82) is 0 Å². The molecule has 28 heavy (non-hydrogen) atoms. The minimum atomic E-state index is 0.442. The lowest BCUT2D eigenvalue weighted by Gasteiger charge is -2.33. The van der Waals surface area contributed by atoms with Crippen LogP contribution in [0.2, 0.25) is 0 Å². The van der Waals surface area contributed by atoms with Crippen molar-refractivity contribution in [2.75, 3.05) is 0 Å². The highest BCUT2D eigenvalue weighted by Crippen LogP contribution is 2.45. The fourth-order valence-corrected chi connectivity index (χ4v) is 6.71. The standard InChI is InChI=1S/C26H32OS/c1-2-10-21(11-3-1)27-25-16-17-26(24-13-7-6-12-23(24)25)28-22-15-14-19-8-4-5-9-20(19)18-22/h4,6,8,12,14-16,20-21,26H,1-3,5,7,9-11,13,17-18H2. The van der Waals surface area contributed by atoms with Crippen molar-refractivity contribution >= 4 is 11.8 Å². The van der Waals surface area contributed by atoms with Crippen LogP contribution >= 0.6 is 11.8 Å². The Labute approximate surface area is 174 Å². The van der Waals surface area contributed by atoms with E-state index < -0.39 is 0 Å². The van der Waals surface area contributed by atoms with Gasteiger partial charge in [-0.15, -0.1) is 11.8 Å². The molecule has 0 heterocycles. The molecule has 5 aliphatic carbocycles. The van der Waals surface area contributed by atoms with Crippen molar-refractivity contribution in [2.45, 2.75) is 82.0 Å². The van der Waals surface area contributed by atoms with Crippen molar-refractivity contribution in [1.82, 2.24) is 0 Å². The monoisotopic (exact) mass is 392 g/mol. The molecule has 1 fully saturated rings. The zero-order valence-electron chi connectivity index (χ0n) is 16.9. The average Bonchev–Trinajstić information content (AvgIpc) is 2.76. The maximum atomic E-state index is 6.52. The van der Waals surface area contributed by atoms with Gasteiger partial charge in [-0.2, -0.15) is 0 Å². The summed E-state index contributed by atoms with van der Waals surface area (Å²) in [6.07, 6.45) is 30.8. The second-order valence-electron chi connectivity index (χ2n) is 8.85. The van der Waals surface area contributed by atoms with Gasteiger partial charge in [-0.3, -0.25) is 0 Å². The number of rotatable bonds is 4. The SMILES string of the molecule is C1=CC2=C(CC1)C(SC1=CC=C3C=CCCC3C1)CC=C2OC1CCCCC1. The number of thioether (sulfide) groups is 1. The van der Waals surface area contributed by atoms with Gasteiger partial charge >= 0.3 is 0 Å². The van der Waals surface area contributed by atoms with Gasteiger partial charge in [0.1, 0.15) is 5.76 Å². The molecule has 0 N–H and O–H groups in total. The summed E-state index contributed by atoms with van der Waals surface area (Å²) in [5.41, 5.74) is 4.59. The largest absolute Gasteiger partial charge is 0.490 e. The Morgan fingerprint density at radius 3 is 2.75 bits per heavy atom. The first-order valence-corrected chi connectivity index (χ1v) is 12.3. The molecule has 0 bridgehead atoms. The van der Waals surface area contributed by atoms with Crippen LogP contribution in [-0.4, -0.2) is 11.4 Å². The molecule has 5 aliphatic rings. The first-order valence-electron chi connectivity index (χ1n) is 11.4. The molecule has 0 amide bonds. The molecule has 0 spiro atoms. The molecule has 2 unspecified atom stereocenters. The normalized spacial score (nSPS) is 30.2. The van der Waals surface area contributed by atoms with Crippen LogP contribution in [0.15, 0.2) is 69.9 Å². The second-order valence-corrected chi connectivity index (χ2v) is 10.2. The van der Waals surface area contributed by atoms with Gasteiger partial charge in [-0.05, 0) is 92.3 Å². The van der Waals surface area contributed by atoms with Crippen LogP contribution in [0, 0.1) is 5.92 Å². The van der Waals surface area contributed by atoms with E-state index in [1.54, 1.807) is 16.1 Å². The lowest BCUT2D eigenvalue weighted by molar-refractivity contribution is 0.0866. The van der Waals surface area contributed by atoms with E-state index in [1.807, 2.05) is 0 Å². The Bertz CT molecular complexity index is 785. The number of fused-ring (bicyclic) bond motifs is 1. The zero-order valence-corrected chi connectivity index (χ0v) is 17.7. The highest BCUT2D eigenvalue weighted by molar-refractivity contribution is 8.03. The topological polar surface area (TPSA) is 9.23 Å². The third-order valence-electron chi connectivity index (χ3n) is 6.89. The van der Waals surface area contributed by atoms with Crippen molar-refractivity contribution in [2.24, 2.45) is 5.92 Å². The fourth-order valence-electron chi connectivity index (χ4n) is 5.32. The number of ether oxygens (including phenoxy) is 1. The van der Waals surface area contributed by atoms with E-state index in [2.05, 4.69) is 54.3 Å². The Morgan fingerprint density at radius 1 is 0.929 bits per heavy atom. The van der Waals surface area contributed by atoms with Gasteiger partial charge in [0.05, 0.1) is 6.10 Å². The van der Waals surface area contributed by atoms with Crippen molar-refractivity contribution < 1.29 is 4.74 Å². The first kappa shape index (κ1) is 18.6. The van der Waals surface area contributed by atoms with E-state index in [-0.39, 0.29) is 0 Å². The second kappa shape index (κ2) is 8.53. The molecule has 1 nitrogen and oxygen atoms in total. The van der Waals surface area contributed by atoms with Crippen LogP contribution < -0.4 is 0 Å². The smallest absolute Gasteiger partial charge is 0.122 e. The van der Waals surface area contributed by atoms with E-state index in [9.17, 15) is 0 Å². The molecular formula is C26H32OS. The minimum absolute atomic E-state index is 0.442. The third-order valence-corrected chi connectivity index (χ3v) is 8.26. The summed E-state index contributed by atoms with van der Waals surface area (Å²) in [6, 6.07) is 0. The van der Waals surface area contributed by atoms with Crippen molar-refractivity contribution in [3.63, 3.8) is 0 Å². The van der Waals surface area contributed by atoms with E-state index in [1.165, 1.54) is 75.5 Å². The molecule has 2 atom stereocenters. The van der Waals surface area contributed by atoms with Crippen molar-refractivity contribution in [3.05, 3.63) is 69.9 Å². The van der Waals surface area contributed by atoms with Gasteiger partial charge in [-0.1, -0.05) is 42.9 Å². The summed E-state index contributed by atoms with van der Waals surface area (Å²) in [6.45, 7) is 0. The van der Waals surface area contributed by atoms with Gasteiger partial charge in [-0.25, -0.2) is 0 Å². The lowest BCUT2D eigenvalue weighted by atomic mass is 9.84. The number of allylic oxidation sites excluding steroid dienone is 9. The summed E-state index contributed by atoms with van der Waals surface area (Å²) in [4.78, 5) is 1.58. The lowest BCUT2D eigenvalue weighted by Crippen LogP contribution is -2.22. The van der Waals surface area contributed by atoms with Crippen LogP contribution in [0.5, 0.6) is 0 Å². The summed E-state index contributed by atoms with van der Waals surface area (Å²) >= 11 is 2.13. The summed E-state index contributed by atoms with van der Waals surface area (Å²) in [5, 5.41) is 0.596. The van der Waals surface area contributed by atoms with E-state index in [0.29, 0.717) is 11.4 Å². The predicted octanol–water partition coefficient (Wildman–Crippen LogP) is 7.55. The summed E-state index contributed by atoms with van der Waals surface area (Å²) < 4.78 is 6.52. The first-order chi connectivity index (χ1) is 13.9. The molecule has 0 aromatic rings. The maximum Gasteiger partial charge on any atom is 0.122 e. The van der Waals surface area contributed by atoms with Gasteiger partial charge in [0.25, 0.3) is 0 Å². The number of hydrogen-bond donors (Lipinski definition) is 0. The van der Waals surface area contributed by atoms with Crippen molar-refractivity contribution in [3.8, 4) is 0 Å². The fraction of sp³-hybridized carbons (Fsp3) is 0.538. The Morgan fingerprint density at radius 2 is 1.82 bits per heavy atom. The van der Waals surface area contributed by atoms with Crippen LogP contribution in [0.4, 0.5) is 0 Å². The third kappa shape index (κ3) is 3.99. The molecule has 0 aromatic heterocycles. The Balaban J connectivity index is 1.31. The molecular weight excluding hydrogens is 360 g/mol. The van der Waals surface area contributed by atoms with Gasteiger partial charge in [0, 0.05) is 10.8 Å². The van der Waals surface area contributed by atoms with E-state index in [0.717, 1.165) is 12.3 Å². The molecule has 5 rings (SSSR count). The average molecular weight is 393 g/mol. The van der Waals surface area contributed by atoms with Crippen LogP contribution in [0.3, 0.4) is 0 Å². The Hall–Kier alpha value is -1.41. The highest BCUT2D eigenvalue weighted by Gasteiger charge is 2.29. The minimum Gasteiger partial charge on any atom is -0.490 e. The molecule has 148 valence electrons. The van der Waals surface area contributed by atoms with Crippen LogP contribution in [-0.2, 0) is 4.74 Å². The van der Waals surface area contributed by atoms with Crippen LogP contribution in [0.1, 0.15) is 70.6 Å². The van der Waals surface area contributed by atoms with Gasteiger partial charge in [0.2, 0.25) is 0 Å². The highest BCUT2D eigenvalue weighted by atomic mass is 32.2. The van der Waals surface area contributed by atoms with Crippen LogP contribution in [0.25, 0.3) is 0 Å². The molecule has 0 radical (unpaired) electrons. The summed E-state index contributed by atoms with van der Waals surface area (Å²) in [7, 11) is 0. The molecule has 0 saturated heterocycles. The molecule has 0 aliphatic heterocycles. The van der Waals surface area contributed by atoms with Gasteiger partial charge < -0.3 is 4.74 Å². The quantitative estimate of drug-likeness (QED) is 0.488. The molecule has 1 saturated carbocycles. The van der Waals surface area contributed by atoms with E-state index >= 15 is 0 Å². The maximum absolute atomic E-state index is 6.52. The van der Waals surface area contributed by atoms with Gasteiger partial charge in [0.15, 0.2) is 0 Å². The molecule has 2 heteroatoms. The zero-order chi connectivity index (χ0) is 18.8. The Kier molecular flexibility index (Phi) is 5.67. The van der Waals surface area contributed by atoms with E-state index in [4.69, 9.17) is 4.74 Å². The summed E-state index contributed by atoms with van der Waals surface area (Å²) in [5.74, 6) is 1.94. The number of hydrogen-bond acceptors (Lipinski definition) is 2.